The monoisotopic (exact) mass is 398 g/mol. The molecule has 0 heterocycles. The molecule has 0 spiro atoms. The van der Waals surface area contributed by atoms with Gasteiger partial charge in [-0.15, -0.1) is 0 Å². The Bertz CT molecular complexity index is 732. The lowest BCUT2D eigenvalue weighted by Crippen LogP contribution is -2.46. The molecule has 0 aromatic heterocycles. The van der Waals surface area contributed by atoms with Gasteiger partial charge in [0.1, 0.15) is 0 Å². The molecule has 2 amide bonds. The fourth-order valence-electron chi connectivity index (χ4n) is 2.47. The Morgan fingerprint density at radius 2 is 1.67 bits per heavy atom. The number of likely N-dealkylation sites (N-methyl/N-ethyl adjacent to an activating group) is 2. The van der Waals surface area contributed by atoms with Gasteiger partial charge in [-0.25, -0.2) is 13.1 Å². The predicted octanol–water partition coefficient (Wildman–Crippen LogP) is 1.16. The van der Waals surface area contributed by atoms with Crippen molar-refractivity contribution < 1.29 is 18.0 Å². The minimum atomic E-state index is -3.57. The molecule has 0 saturated carbocycles. The molecule has 0 radical (unpaired) electrons. The van der Waals surface area contributed by atoms with Crippen molar-refractivity contribution in [3.8, 4) is 0 Å². The molecule has 0 fully saturated rings. The number of anilines is 1. The van der Waals surface area contributed by atoms with E-state index in [9.17, 15) is 18.0 Å². The second kappa shape index (κ2) is 10.4. The van der Waals surface area contributed by atoms with Gasteiger partial charge in [-0.05, 0) is 58.5 Å². The smallest absolute Gasteiger partial charge is 0.241 e. The highest BCUT2D eigenvalue weighted by Crippen LogP contribution is 2.15. The van der Waals surface area contributed by atoms with E-state index in [0.29, 0.717) is 18.8 Å². The summed E-state index contributed by atoms with van der Waals surface area (Å²) in [6.45, 7) is 10.2. The molecular formula is C18H30N4O4S. The minimum absolute atomic E-state index is 0.133. The number of nitrogens with one attached hydrogen (secondary N) is 3. The van der Waals surface area contributed by atoms with Crippen LogP contribution in [0.15, 0.2) is 29.2 Å². The van der Waals surface area contributed by atoms with Crippen LogP contribution in [0.25, 0.3) is 0 Å². The summed E-state index contributed by atoms with van der Waals surface area (Å²) in [6, 6.07) is 5.25. The van der Waals surface area contributed by atoms with E-state index in [1.54, 1.807) is 37.8 Å². The first-order chi connectivity index (χ1) is 12.6. The maximum Gasteiger partial charge on any atom is 0.241 e. The van der Waals surface area contributed by atoms with Gasteiger partial charge in [0.25, 0.3) is 0 Å². The largest absolute Gasteiger partial charge is 0.355 e. The highest BCUT2D eigenvalue weighted by molar-refractivity contribution is 7.89. The lowest BCUT2D eigenvalue weighted by molar-refractivity contribution is -0.125. The number of nitrogens with zero attached hydrogens (tertiary/aromatic N) is 1. The third kappa shape index (κ3) is 7.28. The SMILES string of the molecule is CCNC(=O)CN(CC)[C@@H](C)C(=O)Nc1ccc(S(=O)(=O)NC(C)C)cc1. The number of hydrogen-bond donors (Lipinski definition) is 3. The van der Waals surface area contributed by atoms with E-state index in [0.717, 1.165) is 0 Å². The highest BCUT2D eigenvalue weighted by Gasteiger charge is 2.22. The summed E-state index contributed by atoms with van der Waals surface area (Å²) in [5, 5.41) is 5.47. The Balaban J connectivity index is 2.77. The van der Waals surface area contributed by atoms with Crippen LogP contribution < -0.4 is 15.4 Å². The van der Waals surface area contributed by atoms with Gasteiger partial charge >= 0.3 is 0 Å². The van der Waals surface area contributed by atoms with Crippen molar-refractivity contribution in [3.63, 3.8) is 0 Å². The van der Waals surface area contributed by atoms with Crippen LogP contribution in [0.4, 0.5) is 5.69 Å². The van der Waals surface area contributed by atoms with Crippen molar-refractivity contribution in [2.24, 2.45) is 0 Å². The van der Waals surface area contributed by atoms with Crippen LogP contribution in [0.3, 0.4) is 0 Å². The molecule has 0 aliphatic carbocycles. The second-order valence-electron chi connectivity index (χ2n) is 6.48. The quantitative estimate of drug-likeness (QED) is 0.548. The third-order valence-corrected chi connectivity index (χ3v) is 5.55. The zero-order chi connectivity index (χ0) is 20.6. The lowest BCUT2D eigenvalue weighted by Gasteiger charge is -2.26. The Kier molecular flexibility index (Phi) is 8.87. The standard InChI is InChI=1S/C18H30N4O4S/c1-6-19-17(23)12-22(7-2)14(5)18(24)20-15-8-10-16(11-9-15)27(25,26)21-13(3)4/h8-11,13-14,21H,6-7,12H2,1-5H3,(H,19,23)(H,20,24)/t14-/m0/s1. The van der Waals surface area contributed by atoms with Gasteiger partial charge in [-0.2, -0.15) is 0 Å². The summed E-state index contributed by atoms with van der Waals surface area (Å²) in [7, 11) is -3.57. The highest BCUT2D eigenvalue weighted by atomic mass is 32.2. The van der Waals surface area contributed by atoms with Crippen LogP contribution in [-0.2, 0) is 19.6 Å². The van der Waals surface area contributed by atoms with Crippen molar-refractivity contribution in [3.05, 3.63) is 24.3 Å². The molecule has 0 saturated heterocycles. The fraction of sp³-hybridized carbons (Fsp3) is 0.556. The second-order valence-corrected chi connectivity index (χ2v) is 8.20. The van der Waals surface area contributed by atoms with Crippen molar-refractivity contribution in [2.75, 3.05) is 25.0 Å². The van der Waals surface area contributed by atoms with Crippen LogP contribution in [0.5, 0.6) is 0 Å². The first kappa shape index (κ1) is 23.1. The van der Waals surface area contributed by atoms with Crippen molar-refractivity contribution in [1.82, 2.24) is 14.9 Å². The molecule has 0 bridgehead atoms. The van der Waals surface area contributed by atoms with Crippen LogP contribution in [0, 0.1) is 0 Å². The maximum atomic E-state index is 12.5. The predicted molar refractivity (Wildman–Crippen MR) is 106 cm³/mol. The van der Waals surface area contributed by atoms with Gasteiger partial charge in [0.05, 0.1) is 17.5 Å². The average molecular weight is 399 g/mol. The molecule has 8 nitrogen and oxygen atoms in total. The molecule has 0 aliphatic rings. The van der Waals surface area contributed by atoms with Gasteiger partial charge in [-0.1, -0.05) is 6.92 Å². The molecule has 1 aromatic rings. The van der Waals surface area contributed by atoms with Crippen molar-refractivity contribution >= 4 is 27.5 Å². The Labute approximate surface area is 161 Å². The van der Waals surface area contributed by atoms with E-state index in [-0.39, 0.29) is 29.3 Å². The van der Waals surface area contributed by atoms with E-state index in [1.165, 1.54) is 12.1 Å². The summed E-state index contributed by atoms with van der Waals surface area (Å²) in [5.41, 5.74) is 0.490. The minimum Gasteiger partial charge on any atom is -0.355 e. The molecular weight excluding hydrogens is 368 g/mol. The van der Waals surface area contributed by atoms with Crippen LogP contribution in [-0.4, -0.2) is 56.9 Å². The molecule has 1 aromatic carbocycles. The number of carbonyl (C=O) groups is 2. The molecule has 0 unspecified atom stereocenters. The first-order valence-electron chi connectivity index (χ1n) is 9.04. The Morgan fingerprint density at radius 3 is 2.15 bits per heavy atom. The number of hydrogen-bond acceptors (Lipinski definition) is 5. The number of benzene rings is 1. The molecule has 27 heavy (non-hydrogen) atoms. The zero-order valence-electron chi connectivity index (χ0n) is 16.6. The van der Waals surface area contributed by atoms with Crippen LogP contribution in [0.1, 0.15) is 34.6 Å². The van der Waals surface area contributed by atoms with Gasteiger partial charge in [0, 0.05) is 18.3 Å². The van der Waals surface area contributed by atoms with Crippen LogP contribution >= 0.6 is 0 Å². The first-order valence-corrected chi connectivity index (χ1v) is 10.5. The molecule has 0 aliphatic heterocycles. The van der Waals surface area contributed by atoms with E-state index >= 15 is 0 Å². The number of rotatable bonds is 10. The van der Waals surface area contributed by atoms with E-state index in [1.807, 2.05) is 13.8 Å². The molecule has 3 N–H and O–H groups in total. The number of sulfonamides is 1. The van der Waals surface area contributed by atoms with Crippen LogP contribution in [0.2, 0.25) is 0 Å². The van der Waals surface area contributed by atoms with E-state index < -0.39 is 16.1 Å². The normalized spacial score (nSPS) is 12.9. The lowest BCUT2D eigenvalue weighted by atomic mass is 10.2. The van der Waals surface area contributed by atoms with Gasteiger partial charge in [-0.3, -0.25) is 14.5 Å². The van der Waals surface area contributed by atoms with Gasteiger partial charge in [0.2, 0.25) is 21.8 Å². The third-order valence-electron chi connectivity index (χ3n) is 3.88. The van der Waals surface area contributed by atoms with Crippen molar-refractivity contribution in [2.45, 2.75) is 51.6 Å². The zero-order valence-corrected chi connectivity index (χ0v) is 17.4. The summed E-state index contributed by atoms with van der Waals surface area (Å²) < 4.78 is 26.8. The maximum absolute atomic E-state index is 12.5. The summed E-state index contributed by atoms with van der Waals surface area (Å²) in [4.78, 5) is 26.1. The number of amides is 2. The Hall–Kier alpha value is -1.97. The summed E-state index contributed by atoms with van der Waals surface area (Å²) >= 11 is 0. The topological polar surface area (TPSA) is 108 Å². The van der Waals surface area contributed by atoms with Crippen molar-refractivity contribution in [1.29, 1.82) is 0 Å². The molecule has 152 valence electrons. The van der Waals surface area contributed by atoms with E-state index in [2.05, 4.69) is 15.4 Å². The molecule has 1 rings (SSSR count). The molecule has 1 atom stereocenters. The number of carbonyl (C=O) groups excluding carboxylic acids is 2. The van der Waals surface area contributed by atoms with E-state index in [4.69, 9.17) is 0 Å². The average Bonchev–Trinajstić information content (AvgIpc) is 2.58. The molecule has 9 heteroatoms. The van der Waals surface area contributed by atoms with Gasteiger partial charge in [0.15, 0.2) is 0 Å². The Morgan fingerprint density at radius 1 is 1.07 bits per heavy atom. The summed E-state index contributed by atoms with van der Waals surface area (Å²) in [5.74, 6) is -0.400. The van der Waals surface area contributed by atoms with Gasteiger partial charge < -0.3 is 10.6 Å². The summed E-state index contributed by atoms with van der Waals surface area (Å²) in [6.07, 6.45) is 0. The fourth-order valence-corrected chi connectivity index (χ4v) is 3.72.